The molecule has 1 unspecified atom stereocenters. The Hall–Kier alpha value is -0.610. The van der Waals surface area contributed by atoms with Crippen LogP contribution in [0.5, 0.6) is 0 Å². The van der Waals surface area contributed by atoms with Crippen LogP contribution < -0.4 is 5.32 Å². The van der Waals surface area contributed by atoms with E-state index in [-0.39, 0.29) is 6.61 Å². The molecule has 14 heavy (non-hydrogen) atoms. The highest BCUT2D eigenvalue weighted by molar-refractivity contribution is 5.78. The summed E-state index contributed by atoms with van der Waals surface area (Å²) in [6.45, 7) is 4.48. The minimum absolute atomic E-state index is 0.166. The molecule has 0 aromatic rings. The smallest absolute Gasteiger partial charge is 0.323 e. The zero-order valence-electron chi connectivity index (χ0n) is 9.05. The van der Waals surface area contributed by atoms with Crippen LogP contribution in [0.3, 0.4) is 0 Å². The molecule has 0 radical (unpaired) electrons. The van der Waals surface area contributed by atoms with E-state index in [1.54, 1.807) is 6.92 Å². The van der Waals surface area contributed by atoms with Crippen molar-refractivity contribution in [3.63, 3.8) is 0 Å². The van der Waals surface area contributed by atoms with Gasteiger partial charge >= 0.3 is 5.97 Å². The molecule has 0 aromatic carbocycles. The standard InChI is InChI=1S/C10H21NO3/c1-3-6-10(2,9(13)14)11-7-4-5-8-12/h11-12H,3-8H2,1-2H3,(H,13,14). The van der Waals surface area contributed by atoms with Gasteiger partial charge in [0.05, 0.1) is 0 Å². The lowest BCUT2D eigenvalue weighted by atomic mass is 9.96. The third-order valence-corrected chi connectivity index (χ3v) is 2.32. The van der Waals surface area contributed by atoms with Crippen molar-refractivity contribution in [3.05, 3.63) is 0 Å². The summed E-state index contributed by atoms with van der Waals surface area (Å²) in [7, 11) is 0. The van der Waals surface area contributed by atoms with Gasteiger partial charge in [0.15, 0.2) is 0 Å². The van der Waals surface area contributed by atoms with E-state index in [1.165, 1.54) is 0 Å². The monoisotopic (exact) mass is 203 g/mol. The lowest BCUT2D eigenvalue weighted by Crippen LogP contribution is -2.49. The second kappa shape index (κ2) is 6.79. The lowest BCUT2D eigenvalue weighted by Gasteiger charge is -2.25. The predicted octanol–water partition coefficient (Wildman–Crippen LogP) is 0.992. The molecule has 0 aliphatic carbocycles. The fourth-order valence-electron chi connectivity index (χ4n) is 1.37. The van der Waals surface area contributed by atoms with Gasteiger partial charge in [-0.3, -0.25) is 4.79 Å². The van der Waals surface area contributed by atoms with E-state index in [0.717, 1.165) is 19.3 Å². The summed E-state index contributed by atoms with van der Waals surface area (Å²) in [6, 6.07) is 0. The molecule has 1 atom stereocenters. The summed E-state index contributed by atoms with van der Waals surface area (Å²) in [5.41, 5.74) is -0.815. The van der Waals surface area contributed by atoms with Crippen molar-refractivity contribution in [3.8, 4) is 0 Å². The zero-order valence-corrected chi connectivity index (χ0v) is 9.05. The van der Waals surface area contributed by atoms with Crippen molar-refractivity contribution in [2.75, 3.05) is 13.2 Å². The van der Waals surface area contributed by atoms with Crippen molar-refractivity contribution >= 4 is 5.97 Å². The molecule has 4 heteroatoms. The van der Waals surface area contributed by atoms with E-state index in [0.29, 0.717) is 13.0 Å². The Balaban J connectivity index is 3.90. The van der Waals surface area contributed by atoms with Crippen LogP contribution in [0.1, 0.15) is 39.5 Å². The third-order valence-electron chi connectivity index (χ3n) is 2.32. The van der Waals surface area contributed by atoms with Crippen LogP contribution in [-0.4, -0.2) is 34.9 Å². The number of carboxylic acids is 1. The first-order valence-electron chi connectivity index (χ1n) is 5.16. The van der Waals surface area contributed by atoms with Gasteiger partial charge < -0.3 is 15.5 Å². The van der Waals surface area contributed by atoms with Gasteiger partial charge in [0.25, 0.3) is 0 Å². The number of aliphatic carboxylic acids is 1. The molecule has 0 heterocycles. The molecule has 0 aromatic heterocycles. The van der Waals surface area contributed by atoms with Crippen molar-refractivity contribution in [2.45, 2.75) is 45.1 Å². The fourth-order valence-corrected chi connectivity index (χ4v) is 1.37. The Morgan fingerprint density at radius 2 is 2.07 bits per heavy atom. The number of aliphatic hydroxyl groups excluding tert-OH is 1. The van der Waals surface area contributed by atoms with Crippen molar-refractivity contribution < 1.29 is 15.0 Å². The Bertz CT molecular complexity index is 173. The van der Waals surface area contributed by atoms with Gasteiger partial charge in [-0.15, -0.1) is 0 Å². The molecule has 0 spiro atoms. The summed E-state index contributed by atoms with van der Waals surface area (Å²) in [4.78, 5) is 11.0. The molecule has 0 saturated carbocycles. The first-order chi connectivity index (χ1) is 6.56. The van der Waals surface area contributed by atoms with E-state index >= 15 is 0 Å². The van der Waals surface area contributed by atoms with E-state index in [9.17, 15) is 4.79 Å². The molecule has 0 aliphatic heterocycles. The molecule has 0 rings (SSSR count). The van der Waals surface area contributed by atoms with Gasteiger partial charge in [0, 0.05) is 6.61 Å². The number of nitrogens with one attached hydrogen (secondary N) is 1. The molecule has 3 N–H and O–H groups in total. The molecule has 0 fully saturated rings. The second-order valence-electron chi connectivity index (χ2n) is 3.74. The van der Waals surface area contributed by atoms with Gasteiger partial charge in [0.1, 0.15) is 5.54 Å². The number of carboxylic acid groups (broad SMARTS) is 1. The van der Waals surface area contributed by atoms with Crippen LogP contribution in [0.15, 0.2) is 0 Å². The summed E-state index contributed by atoms with van der Waals surface area (Å²) >= 11 is 0. The highest BCUT2D eigenvalue weighted by Gasteiger charge is 2.30. The van der Waals surface area contributed by atoms with E-state index in [2.05, 4.69) is 5.32 Å². The molecule has 0 aliphatic rings. The molecular weight excluding hydrogens is 182 g/mol. The lowest BCUT2D eigenvalue weighted by molar-refractivity contribution is -0.144. The normalized spacial score (nSPS) is 15.1. The maximum absolute atomic E-state index is 11.0. The minimum Gasteiger partial charge on any atom is -0.480 e. The summed E-state index contributed by atoms with van der Waals surface area (Å²) in [5, 5.41) is 20.6. The number of unbranched alkanes of at least 4 members (excludes halogenated alkanes) is 1. The SMILES string of the molecule is CCCC(C)(NCCCCO)C(=O)O. The van der Waals surface area contributed by atoms with Gasteiger partial charge in [-0.25, -0.2) is 0 Å². The van der Waals surface area contributed by atoms with Crippen molar-refractivity contribution in [2.24, 2.45) is 0 Å². The average molecular weight is 203 g/mol. The van der Waals surface area contributed by atoms with Crippen molar-refractivity contribution in [1.29, 1.82) is 0 Å². The molecule has 84 valence electrons. The van der Waals surface area contributed by atoms with Gasteiger partial charge in [-0.2, -0.15) is 0 Å². The average Bonchev–Trinajstić information content (AvgIpc) is 2.13. The minimum atomic E-state index is -0.815. The van der Waals surface area contributed by atoms with Gasteiger partial charge in [-0.1, -0.05) is 13.3 Å². The number of aliphatic hydroxyl groups is 1. The highest BCUT2D eigenvalue weighted by atomic mass is 16.4. The molecule has 4 nitrogen and oxygen atoms in total. The van der Waals surface area contributed by atoms with E-state index in [4.69, 9.17) is 10.2 Å². The maximum Gasteiger partial charge on any atom is 0.323 e. The van der Waals surface area contributed by atoms with Gasteiger partial charge in [-0.05, 0) is 32.7 Å². The number of hydrogen-bond acceptors (Lipinski definition) is 3. The number of rotatable bonds is 8. The second-order valence-corrected chi connectivity index (χ2v) is 3.74. The zero-order chi connectivity index (χ0) is 11.0. The van der Waals surface area contributed by atoms with E-state index in [1.807, 2.05) is 6.92 Å². The largest absolute Gasteiger partial charge is 0.480 e. The Morgan fingerprint density at radius 3 is 2.50 bits per heavy atom. The number of carbonyl (C=O) groups is 1. The van der Waals surface area contributed by atoms with Crippen LogP contribution in [0.25, 0.3) is 0 Å². The molecule has 0 bridgehead atoms. The maximum atomic E-state index is 11.0. The van der Waals surface area contributed by atoms with Crippen LogP contribution in [0.4, 0.5) is 0 Å². The van der Waals surface area contributed by atoms with Crippen LogP contribution in [-0.2, 0) is 4.79 Å². The molecule has 0 amide bonds. The third kappa shape index (κ3) is 4.58. The highest BCUT2D eigenvalue weighted by Crippen LogP contribution is 2.12. The first kappa shape index (κ1) is 13.4. The van der Waals surface area contributed by atoms with Crippen LogP contribution in [0, 0.1) is 0 Å². The Labute approximate surface area is 85.3 Å². The Morgan fingerprint density at radius 1 is 1.43 bits per heavy atom. The summed E-state index contributed by atoms with van der Waals surface area (Å²) < 4.78 is 0. The predicted molar refractivity (Wildman–Crippen MR) is 55.3 cm³/mol. The van der Waals surface area contributed by atoms with Gasteiger partial charge in [0.2, 0.25) is 0 Å². The van der Waals surface area contributed by atoms with E-state index < -0.39 is 11.5 Å². The number of hydrogen-bond donors (Lipinski definition) is 3. The quantitative estimate of drug-likeness (QED) is 0.515. The van der Waals surface area contributed by atoms with Crippen LogP contribution in [0.2, 0.25) is 0 Å². The molecule has 0 saturated heterocycles. The summed E-state index contributed by atoms with van der Waals surface area (Å²) in [6.07, 6.45) is 3.00. The van der Waals surface area contributed by atoms with Crippen LogP contribution >= 0.6 is 0 Å². The topological polar surface area (TPSA) is 69.6 Å². The van der Waals surface area contributed by atoms with Crippen molar-refractivity contribution in [1.82, 2.24) is 5.32 Å². The fraction of sp³-hybridized carbons (Fsp3) is 0.900. The molecular formula is C10H21NO3. The summed E-state index contributed by atoms with van der Waals surface area (Å²) in [5.74, 6) is -0.802. The Kier molecular flexibility index (Phi) is 6.49. The first-order valence-corrected chi connectivity index (χ1v) is 5.16.